The van der Waals surface area contributed by atoms with Crippen LogP contribution < -0.4 is 5.73 Å². The standard InChI is InChI=1S/C26H25F4N5O3/c27-17-2-1-15-12-34(24(36)10-18(31)7-16-8-20(29)21(30)11-19(16)28)13-23-25(32-14-35(23)22(15)9-17)26(37)33-3-5-38-6-4-33/h1-2,8-9,11,14,18H,3-7,10,12-13,31H2/t18-/m1/s1. The highest BCUT2D eigenvalue weighted by molar-refractivity contribution is 5.94. The van der Waals surface area contributed by atoms with Crippen LogP contribution in [0, 0.1) is 23.3 Å². The number of halogens is 4. The second-order valence-corrected chi connectivity index (χ2v) is 9.36. The molecule has 2 aliphatic rings. The number of rotatable bonds is 5. The molecule has 2 aromatic carbocycles. The SMILES string of the molecule is N[C@@H](CC(=O)N1Cc2ccc(F)cc2-n2cnc(C(=O)N3CCOCC3)c2C1)Cc1cc(F)c(F)cc1F. The van der Waals surface area contributed by atoms with E-state index in [-0.39, 0.29) is 43.1 Å². The Hall–Kier alpha value is -3.77. The molecule has 0 unspecified atom stereocenters. The normalized spacial score (nSPS) is 16.0. The van der Waals surface area contributed by atoms with E-state index in [0.29, 0.717) is 49.3 Å². The van der Waals surface area contributed by atoms with Gasteiger partial charge in [-0.1, -0.05) is 6.07 Å². The zero-order valence-corrected chi connectivity index (χ0v) is 20.3. The maximum absolute atomic E-state index is 14.2. The minimum atomic E-state index is -1.31. The Bertz CT molecular complexity index is 1390. The molecule has 0 spiro atoms. The van der Waals surface area contributed by atoms with E-state index < -0.39 is 35.2 Å². The molecule has 5 rings (SSSR count). The number of imidazole rings is 1. The topological polar surface area (TPSA) is 93.7 Å². The molecule has 0 radical (unpaired) electrons. The Labute approximate surface area is 215 Å². The van der Waals surface area contributed by atoms with Crippen molar-refractivity contribution in [3.63, 3.8) is 0 Å². The Morgan fingerprint density at radius 3 is 2.47 bits per heavy atom. The number of morpholine rings is 1. The van der Waals surface area contributed by atoms with E-state index in [1.807, 2.05) is 0 Å². The van der Waals surface area contributed by atoms with Gasteiger partial charge in [0, 0.05) is 38.2 Å². The number of carbonyl (C=O) groups excluding carboxylic acids is 2. The van der Waals surface area contributed by atoms with Gasteiger partial charge in [-0.05, 0) is 35.7 Å². The summed E-state index contributed by atoms with van der Waals surface area (Å²) in [6.07, 6.45) is 1.02. The molecule has 0 aliphatic carbocycles. The highest BCUT2D eigenvalue weighted by Crippen LogP contribution is 2.28. The third kappa shape index (κ3) is 5.14. The van der Waals surface area contributed by atoms with Gasteiger partial charge in [0.25, 0.3) is 5.91 Å². The molecular formula is C26H25F4N5O3. The lowest BCUT2D eigenvalue weighted by molar-refractivity contribution is -0.132. The molecule has 1 aromatic heterocycles. The van der Waals surface area contributed by atoms with Crippen LogP contribution in [0.2, 0.25) is 0 Å². The highest BCUT2D eigenvalue weighted by atomic mass is 19.2. The molecule has 1 atom stereocenters. The summed E-state index contributed by atoms with van der Waals surface area (Å²) in [6, 6.07) is 4.43. The molecule has 8 nitrogen and oxygen atoms in total. The quantitative estimate of drug-likeness (QED) is 0.404. The first-order valence-corrected chi connectivity index (χ1v) is 12.1. The molecule has 12 heteroatoms. The summed E-state index contributed by atoms with van der Waals surface area (Å²) in [4.78, 5) is 34.0. The molecule has 3 heterocycles. The average molecular weight is 532 g/mol. The average Bonchev–Trinajstić information content (AvgIpc) is 3.23. The van der Waals surface area contributed by atoms with Crippen molar-refractivity contribution in [1.82, 2.24) is 19.4 Å². The minimum Gasteiger partial charge on any atom is -0.378 e. The number of carbonyl (C=O) groups is 2. The number of aromatic nitrogens is 2. The Kier molecular flexibility index (Phi) is 7.17. The van der Waals surface area contributed by atoms with Gasteiger partial charge >= 0.3 is 0 Å². The first-order chi connectivity index (χ1) is 18.2. The summed E-state index contributed by atoms with van der Waals surface area (Å²) in [5.74, 6) is -4.68. The highest BCUT2D eigenvalue weighted by Gasteiger charge is 2.31. The molecule has 1 fully saturated rings. The zero-order chi connectivity index (χ0) is 27.0. The van der Waals surface area contributed by atoms with Gasteiger partial charge in [-0.3, -0.25) is 9.59 Å². The lowest BCUT2D eigenvalue weighted by atomic mass is 10.0. The number of fused-ring (bicyclic) bond motifs is 3. The molecule has 0 saturated carbocycles. The molecule has 0 bridgehead atoms. The van der Waals surface area contributed by atoms with Gasteiger partial charge in [-0.25, -0.2) is 22.5 Å². The van der Waals surface area contributed by atoms with Crippen LogP contribution >= 0.6 is 0 Å². The predicted octanol–water partition coefficient (Wildman–Crippen LogP) is 2.70. The van der Waals surface area contributed by atoms with Crippen LogP contribution in [-0.4, -0.2) is 63.5 Å². The summed E-state index contributed by atoms with van der Waals surface area (Å²) < 4.78 is 62.1. The summed E-state index contributed by atoms with van der Waals surface area (Å²) in [5.41, 5.74) is 7.61. The number of amides is 2. The maximum Gasteiger partial charge on any atom is 0.274 e. The number of hydrogen-bond donors (Lipinski definition) is 1. The van der Waals surface area contributed by atoms with Crippen LogP contribution in [0.1, 0.15) is 33.7 Å². The van der Waals surface area contributed by atoms with E-state index in [9.17, 15) is 27.2 Å². The summed E-state index contributed by atoms with van der Waals surface area (Å²) in [7, 11) is 0. The Morgan fingerprint density at radius 1 is 0.974 bits per heavy atom. The van der Waals surface area contributed by atoms with Gasteiger partial charge in [-0.15, -0.1) is 0 Å². The van der Waals surface area contributed by atoms with Crippen molar-refractivity contribution in [2.75, 3.05) is 26.3 Å². The number of hydrogen-bond acceptors (Lipinski definition) is 5. The number of benzene rings is 2. The van der Waals surface area contributed by atoms with E-state index in [0.717, 1.165) is 6.07 Å². The monoisotopic (exact) mass is 531 g/mol. The van der Waals surface area contributed by atoms with Crippen molar-refractivity contribution in [3.05, 3.63) is 82.4 Å². The van der Waals surface area contributed by atoms with Crippen LogP contribution in [-0.2, 0) is 29.0 Å². The second-order valence-electron chi connectivity index (χ2n) is 9.36. The van der Waals surface area contributed by atoms with Crippen LogP contribution in [0.3, 0.4) is 0 Å². The van der Waals surface area contributed by atoms with E-state index in [4.69, 9.17) is 10.5 Å². The smallest absolute Gasteiger partial charge is 0.274 e. The van der Waals surface area contributed by atoms with Crippen molar-refractivity contribution in [1.29, 1.82) is 0 Å². The van der Waals surface area contributed by atoms with Crippen molar-refractivity contribution in [3.8, 4) is 5.69 Å². The zero-order valence-electron chi connectivity index (χ0n) is 20.3. The van der Waals surface area contributed by atoms with Gasteiger partial charge in [0.05, 0.1) is 31.1 Å². The van der Waals surface area contributed by atoms with Crippen LogP contribution in [0.4, 0.5) is 17.6 Å². The maximum atomic E-state index is 14.2. The summed E-state index contributed by atoms with van der Waals surface area (Å²) >= 11 is 0. The molecule has 3 aromatic rings. The van der Waals surface area contributed by atoms with Gasteiger partial charge in [0.15, 0.2) is 17.3 Å². The number of nitrogens with zero attached hydrogens (tertiary/aromatic N) is 4. The molecule has 2 aliphatic heterocycles. The van der Waals surface area contributed by atoms with Gasteiger partial charge in [0.1, 0.15) is 18.0 Å². The lowest BCUT2D eigenvalue weighted by Gasteiger charge is -2.27. The fourth-order valence-corrected chi connectivity index (χ4v) is 4.77. The Balaban J connectivity index is 1.41. The Morgan fingerprint density at radius 2 is 1.71 bits per heavy atom. The largest absolute Gasteiger partial charge is 0.378 e. The van der Waals surface area contributed by atoms with E-state index in [1.54, 1.807) is 15.5 Å². The van der Waals surface area contributed by atoms with E-state index in [1.165, 1.54) is 23.4 Å². The first-order valence-electron chi connectivity index (χ1n) is 12.1. The lowest BCUT2D eigenvalue weighted by Crippen LogP contribution is -2.41. The van der Waals surface area contributed by atoms with Crippen molar-refractivity contribution >= 4 is 11.8 Å². The second kappa shape index (κ2) is 10.5. The van der Waals surface area contributed by atoms with Crippen molar-refractivity contribution in [2.24, 2.45) is 5.73 Å². The fraction of sp³-hybridized carbons (Fsp3) is 0.346. The van der Waals surface area contributed by atoms with E-state index >= 15 is 0 Å². The van der Waals surface area contributed by atoms with Gasteiger partial charge in [0.2, 0.25) is 5.91 Å². The minimum absolute atomic E-state index is 0.00714. The molecule has 1 saturated heterocycles. The molecule has 38 heavy (non-hydrogen) atoms. The van der Waals surface area contributed by atoms with Crippen LogP contribution in [0.15, 0.2) is 36.7 Å². The number of nitrogens with two attached hydrogens (primary N) is 1. The van der Waals surface area contributed by atoms with Gasteiger partial charge in [-0.2, -0.15) is 0 Å². The molecule has 2 N–H and O–H groups in total. The fourth-order valence-electron chi connectivity index (χ4n) is 4.77. The van der Waals surface area contributed by atoms with Crippen molar-refractivity contribution < 1.29 is 31.9 Å². The summed E-state index contributed by atoms with van der Waals surface area (Å²) in [6.45, 7) is 1.69. The predicted molar refractivity (Wildman–Crippen MR) is 127 cm³/mol. The third-order valence-electron chi connectivity index (χ3n) is 6.74. The van der Waals surface area contributed by atoms with Gasteiger partial charge < -0.3 is 24.8 Å². The first kappa shape index (κ1) is 25.9. The number of ether oxygens (including phenoxy) is 1. The third-order valence-corrected chi connectivity index (χ3v) is 6.74. The molecule has 200 valence electrons. The summed E-state index contributed by atoms with van der Waals surface area (Å²) in [5, 5.41) is 0. The van der Waals surface area contributed by atoms with Crippen LogP contribution in [0.25, 0.3) is 5.69 Å². The van der Waals surface area contributed by atoms with Crippen molar-refractivity contribution in [2.45, 2.75) is 32.0 Å². The molecular weight excluding hydrogens is 506 g/mol. The molecule has 2 amide bonds. The van der Waals surface area contributed by atoms with Crippen LogP contribution in [0.5, 0.6) is 0 Å². The van der Waals surface area contributed by atoms with E-state index in [2.05, 4.69) is 4.98 Å².